The molecule has 2 rings (SSSR count). The van der Waals surface area contributed by atoms with Crippen molar-refractivity contribution in [2.24, 2.45) is 0 Å². The van der Waals surface area contributed by atoms with Gasteiger partial charge in [0.1, 0.15) is 0 Å². The van der Waals surface area contributed by atoms with Crippen molar-refractivity contribution in [1.29, 1.82) is 0 Å². The second kappa shape index (κ2) is 5.29. The highest BCUT2D eigenvalue weighted by molar-refractivity contribution is 9.11. The van der Waals surface area contributed by atoms with Gasteiger partial charge in [-0.05, 0) is 47.3 Å². The fourth-order valence-corrected chi connectivity index (χ4v) is 3.50. The summed E-state index contributed by atoms with van der Waals surface area (Å²) in [6.07, 6.45) is 6.78. The quantitative estimate of drug-likeness (QED) is 0.884. The van der Waals surface area contributed by atoms with Gasteiger partial charge in [-0.15, -0.1) is 11.3 Å². The third kappa shape index (κ3) is 3.07. The van der Waals surface area contributed by atoms with Gasteiger partial charge in [0.2, 0.25) is 0 Å². The topological polar surface area (TPSA) is 12.0 Å². The Morgan fingerprint density at radius 3 is 2.79 bits per heavy atom. The lowest BCUT2D eigenvalue weighted by molar-refractivity contribution is 0.529. The van der Waals surface area contributed by atoms with Crippen LogP contribution in [0.4, 0.5) is 0 Å². The van der Waals surface area contributed by atoms with Crippen LogP contribution in [0.1, 0.15) is 30.6 Å². The van der Waals surface area contributed by atoms with Gasteiger partial charge < -0.3 is 5.32 Å². The van der Waals surface area contributed by atoms with Crippen LogP contribution in [0.25, 0.3) is 0 Å². The van der Waals surface area contributed by atoms with E-state index in [4.69, 9.17) is 0 Å². The monoisotopic (exact) mass is 273 g/mol. The molecule has 0 aliphatic heterocycles. The van der Waals surface area contributed by atoms with Crippen molar-refractivity contribution >= 4 is 27.3 Å². The first-order valence-electron chi connectivity index (χ1n) is 5.32. The van der Waals surface area contributed by atoms with Crippen LogP contribution >= 0.6 is 27.3 Å². The number of nitrogens with one attached hydrogen (secondary N) is 1. The molecule has 0 saturated heterocycles. The number of hydrogen-bond donors (Lipinski definition) is 1. The minimum Gasteiger partial charge on any atom is -0.314 e. The second-order valence-electron chi connectivity index (χ2n) is 3.89. The summed E-state index contributed by atoms with van der Waals surface area (Å²) in [6.45, 7) is 1.14. The Balaban J connectivity index is 1.67. The predicted molar refractivity (Wildman–Crippen MR) is 66.0 cm³/mol. The van der Waals surface area contributed by atoms with Crippen molar-refractivity contribution in [2.45, 2.75) is 38.1 Å². The molecule has 0 spiro atoms. The average molecular weight is 274 g/mol. The highest BCUT2D eigenvalue weighted by atomic mass is 79.9. The van der Waals surface area contributed by atoms with E-state index < -0.39 is 0 Å². The van der Waals surface area contributed by atoms with Crippen molar-refractivity contribution in [1.82, 2.24) is 5.32 Å². The molecule has 0 atom stereocenters. The summed E-state index contributed by atoms with van der Waals surface area (Å²) in [4.78, 5) is 1.47. The molecule has 1 N–H and O–H groups in total. The third-order valence-electron chi connectivity index (χ3n) is 2.79. The van der Waals surface area contributed by atoms with E-state index in [1.165, 1.54) is 40.8 Å². The smallest absolute Gasteiger partial charge is 0.0701 e. The molecule has 1 heterocycles. The molecule has 78 valence electrons. The van der Waals surface area contributed by atoms with E-state index in [2.05, 4.69) is 33.4 Å². The van der Waals surface area contributed by atoms with E-state index in [-0.39, 0.29) is 0 Å². The molecular weight excluding hydrogens is 258 g/mol. The summed E-state index contributed by atoms with van der Waals surface area (Å²) in [5.74, 6) is 0. The molecule has 1 aliphatic rings. The van der Waals surface area contributed by atoms with Gasteiger partial charge in [0, 0.05) is 17.5 Å². The summed E-state index contributed by atoms with van der Waals surface area (Å²) in [6, 6.07) is 5.15. The van der Waals surface area contributed by atoms with Gasteiger partial charge in [0.25, 0.3) is 0 Å². The van der Waals surface area contributed by atoms with Gasteiger partial charge in [-0.2, -0.15) is 0 Å². The standard InChI is InChI=1S/C11H16BrNS/c12-11-6-5-10(14-11)7-8-13-9-3-1-2-4-9/h5-6,9,13H,1-4,7-8H2. The molecule has 1 saturated carbocycles. The van der Waals surface area contributed by atoms with Crippen molar-refractivity contribution in [2.75, 3.05) is 6.54 Å². The zero-order chi connectivity index (χ0) is 9.80. The third-order valence-corrected chi connectivity index (χ3v) is 4.47. The van der Waals surface area contributed by atoms with Crippen LogP contribution < -0.4 is 5.32 Å². The van der Waals surface area contributed by atoms with E-state index in [0.29, 0.717) is 0 Å². The Kier molecular flexibility index (Phi) is 4.02. The Morgan fingerprint density at radius 2 is 2.14 bits per heavy atom. The molecule has 0 unspecified atom stereocenters. The fraction of sp³-hybridized carbons (Fsp3) is 0.636. The first kappa shape index (κ1) is 10.7. The van der Waals surface area contributed by atoms with Crippen LogP contribution in [-0.4, -0.2) is 12.6 Å². The fourth-order valence-electron chi connectivity index (χ4n) is 2.02. The first-order chi connectivity index (χ1) is 6.84. The minimum absolute atomic E-state index is 0.804. The zero-order valence-corrected chi connectivity index (χ0v) is 10.7. The lowest BCUT2D eigenvalue weighted by Gasteiger charge is -2.10. The van der Waals surface area contributed by atoms with Crippen LogP contribution in [0.3, 0.4) is 0 Å². The van der Waals surface area contributed by atoms with Crippen LogP contribution in [0.15, 0.2) is 15.9 Å². The molecule has 0 aromatic carbocycles. The molecule has 0 radical (unpaired) electrons. The molecule has 0 amide bonds. The first-order valence-corrected chi connectivity index (χ1v) is 6.93. The molecule has 14 heavy (non-hydrogen) atoms. The summed E-state index contributed by atoms with van der Waals surface area (Å²) in [5.41, 5.74) is 0. The average Bonchev–Trinajstić information content (AvgIpc) is 2.77. The van der Waals surface area contributed by atoms with Crippen molar-refractivity contribution in [3.05, 3.63) is 20.8 Å². The molecule has 1 fully saturated rings. The Bertz CT molecular complexity index is 279. The van der Waals surface area contributed by atoms with Crippen LogP contribution in [0.2, 0.25) is 0 Å². The minimum atomic E-state index is 0.804. The Labute approximate surface area is 98.0 Å². The van der Waals surface area contributed by atoms with Gasteiger partial charge in [0.05, 0.1) is 3.79 Å². The SMILES string of the molecule is Brc1ccc(CCNC2CCCC2)s1. The maximum Gasteiger partial charge on any atom is 0.0701 e. The largest absolute Gasteiger partial charge is 0.314 e. The van der Waals surface area contributed by atoms with Crippen molar-refractivity contribution in [3.8, 4) is 0 Å². The molecule has 1 aromatic rings. The Hall–Kier alpha value is 0.140. The maximum atomic E-state index is 3.63. The molecule has 1 aromatic heterocycles. The molecule has 1 aliphatic carbocycles. The van der Waals surface area contributed by atoms with Gasteiger partial charge in [-0.3, -0.25) is 0 Å². The number of rotatable bonds is 4. The molecular formula is C11H16BrNS. The molecule has 1 nitrogen and oxygen atoms in total. The Morgan fingerprint density at radius 1 is 1.36 bits per heavy atom. The second-order valence-corrected chi connectivity index (χ2v) is 6.44. The lowest BCUT2D eigenvalue weighted by atomic mass is 10.2. The van der Waals surface area contributed by atoms with Crippen molar-refractivity contribution in [3.63, 3.8) is 0 Å². The van der Waals surface area contributed by atoms with E-state index in [1.807, 2.05) is 11.3 Å². The normalized spacial score (nSPS) is 17.8. The van der Waals surface area contributed by atoms with E-state index >= 15 is 0 Å². The van der Waals surface area contributed by atoms with Gasteiger partial charge in [-0.1, -0.05) is 12.8 Å². The van der Waals surface area contributed by atoms with Crippen LogP contribution in [-0.2, 0) is 6.42 Å². The van der Waals surface area contributed by atoms with E-state index in [9.17, 15) is 0 Å². The number of hydrogen-bond acceptors (Lipinski definition) is 2. The maximum absolute atomic E-state index is 3.63. The highest BCUT2D eigenvalue weighted by Crippen LogP contribution is 2.22. The number of halogens is 1. The van der Waals surface area contributed by atoms with Crippen LogP contribution in [0, 0.1) is 0 Å². The predicted octanol–water partition coefficient (Wildman–Crippen LogP) is 3.59. The molecule has 3 heteroatoms. The molecule has 0 bridgehead atoms. The summed E-state index contributed by atoms with van der Waals surface area (Å²) in [5, 5.41) is 3.63. The van der Waals surface area contributed by atoms with Gasteiger partial charge in [0.15, 0.2) is 0 Å². The van der Waals surface area contributed by atoms with E-state index in [0.717, 1.165) is 12.6 Å². The van der Waals surface area contributed by atoms with Gasteiger partial charge in [-0.25, -0.2) is 0 Å². The summed E-state index contributed by atoms with van der Waals surface area (Å²) in [7, 11) is 0. The summed E-state index contributed by atoms with van der Waals surface area (Å²) >= 11 is 5.34. The lowest BCUT2D eigenvalue weighted by Crippen LogP contribution is -2.27. The van der Waals surface area contributed by atoms with Crippen LogP contribution in [0.5, 0.6) is 0 Å². The number of thiophene rings is 1. The highest BCUT2D eigenvalue weighted by Gasteiger charge is 2.13. The van der Waals surface area contributed by atoms with Gasteiger partial charge >= 0.3 is 0 Å². The van der Waals surface area contributed by atoms with Crippen molar-refractivity contribution < 1.29 is 0 Å². The van der Waals surface area contributed by atoms with E-state index in [1.54, 1.807) is 0 Å². The zero-order valence-electron chi connectivity index (χ0n) is 8.26. The summed E-state index contributed by atoms with van der Waals surface area (Å²) < 4.78 is 1.24.